The van der Waals surface area contributed by atoms with Gasteiger partial charge in [-0.15, -0.1) is 0 Å². The number of fused-ring (bicyclic) bond motifs is 4. The van der Waals surface area contributed by atoms with E-state index in [9.17, 15) is 14.4 Å². The summed E-state index contributed by atoms with van der Waals surface area (Å²) in [5.74, 6) is -1.01. The zero-order chi connectivity index (χ0) is 17.2. The van der Waals surface area contributed by atoms with Crippen LogP contribution in [0.1, 0.15) is 40.0 Å². The lowest BCUT2D eigenvalue weighted by molar-refractivity contribution is -0.124. The van der Waals surface area contributed by atoms with E-state index in [1.54, 1.807) is 30.3 Å². The van der Waals surface area contributed by atoms with Gasteiger partial charge in [0.1, 0.15) is 0 Å². The third-order valence-electron chi connectivity index (χ3n) is 5.31. The van der Waals surface area contributed by atoms with Crippen LogP contribution in [0.25, 0.3) is 0 Å². The fourth-order valence-corrected chi connectivity index (χ4v) is 4.24. The second kappa shape index (κ2) is 4.86. The SMILES string of the molecule is O=C1CCCC2=C1C1(O[C@@H]3C=CC=CN23)C(=O)c2ccccc2C1=O. The first kappa shape index (κ1) is 14.5. The van der Waals surface area contributed by atoms with Crippen molar-refractivity contribution in [2.75, 3.05) is 0 Å². The Hall–Kier alpha value is -2.79. The van der Waals surface area contributed by atoms with E-state index in [-0.39, 0.29) is 11.4 Å². The number of allylic oxidation sites excluding steroid dienone is 3. The van der Waals surface area contributed by atoms with Gasteiger partial charge in [0, 0.05) is 29.4 Å². The van der Waals surface area contributed by atoms with Gasteiger partial charge in [0.05, 0.1) is 5.57 Å². The first-order chi connectivity index (χ1) is 12.1. The number of carbonyl (C=O) groups is 3. The summed E-state index contributed by atoms with van der Waals surface area (Å²) >= 11 is 0. The van der Waals surface area contributed by atoms with Gasteiger partial charge >= 0.3 is 0 Å². The number of benzene rings is 1. The number of carbonyl (C=O) groups excluding carboxylic acids is 3. The van der Waals surface area contributed by atoms with Crippen LogP contribution in [0.15, 0.2) is 60.0 Å². The number of hydrogen-bond donors (Lipinski definition) is 0. The van der Waals surface area contributed by atoms with Gasteiger partial charge < -0.3 is 9.64 Å². The average molecular weight is 333 g/mol. The van der Waals surface area contributed by atoms with Gasteiger partial charge in [-0.05, 0) is 25.0 Å². The van der Waals surface area contributed by atoms with Crippen molar-refractivity contribution in [3.05, 3.63) is 71.1 Å². The van der Waals surface area contributed by atoms with Crippen LogP contribution in [0.4, 0.5) is 0 Å². The summed E-state index contributed by atoms with van der Waals surface area (Å²) in [7, 11) is 0. The van der Waals surface area contributed by atoms with Crippen molar-refractivity contribution in [1.82, 2.24) is 4.90 Å². The molecule has 0 saturated heterocycles. The van der Waals surface area contributed by atoms with Crippen molar-refractivity contribution < 1.29 is 19.1 Å². The molecule has 0 amide bonds. The summed E-state index contributed by atoms with van der Waals surface area (Å²) in [5, 5.41) is 0. The van der Waals surface area contributed by atoms with Crippen LogP contribution in [0.5, 0.6) is 0 Å². The van der Waals surface area contributed by atoms with E-state index < -0.39 is 23.4 Å². The molecule has 1 aromatic carbocycles. The summed E-state index contributed by atoms with van der Waals surface area (Å²) in [6, 6.07) is 6.70. The number of rotatable bonds is 0. The van der Waals surface area contributed by atoms with Crippen molar-refractivity contribution in [2.45, 2.75) is 31.1 Å². The molecule has 5 heteroatoms. The number of nitrogens with zero attached hydrogens (tertiary/aromatic N) is 1. The molecule has 4 aliphatic rings. The molecule has 0 unspecified atom stereocenters. The van der Waals surface area contributed by atoms with E-state index in [1.165, 1.54) is 0 Å². The highest BCUT2D eigenvalue weighted by Gasteiger charge is 2.63. The Kier molecular flexibility index (Phi) is 2.83. The fourth-order valence-electron chi connectivity index (χ4n) is 4.24. The Bertz CT molecular complexity index is 902. The zero-order valence-electron chi connectivity index (χ0n) is 13.4. The third kappa shape index (κ3) is 1.68. The lowest BCUT2D eigenvalue weighted by atomic mass is 9.77. The highest BCUT2D eigenvalue weighted by Crippen LogP contribution is 2.48. The summed E-state index contributed by atoms with van der Waals surface area (Å²) in [4.78, 5) is 41.2. The standard InChI is InChI=1S/C20H15NO4/c22-15-9-5-8-14-17(15)20(25-16-10-3-4-11-21(14)16)18(23)12-6-1-2-7-13(12)19(20)24/h1-4,6-7,10-11,16H,5,8-9H2/t16-/m1/s1. The summed E-state index contributed by atoms with van der Waals surface area (Å²) in [6.07, 6.45) is 8.45. The van der Waals surface area contributed by atoms with Crippen molar-refractivity contribution >= 4 is 17.3 Å². The van der Waals surface area contributed by atoms with Crippen LogP contribution in [0, 0.1) is 0 Å². The van der Waals surface area contributed by atoms with E-state index in [2.05, 4.69) is 0 Å². The molecule has 2 heterocycles. The fraction of sp³-hybridized carbons (Fsp3) is 0.250. The molecular weight excluding hydrogens is 318 g/mol. The van der Waals surface area contributed by atoms with Crippen LogP contribution in [0.3, 0.4) is 0 Å². The van der Waals surface area contributed by atoms with Crippen LogP contribution in [-0.4, -0.2) is 34.1 Å². The minimum absolute atomic E-state index is 0.169. The second-order valence-electron chi connectivity index (χ2n) is 6.63. The molecule has 5 nitrogen and oxygen atoms in total. The molecule has 0 radical (unpaired) electrons. The maximum absolute atomic E-state index is 13.3. The number of ketones is 3. The van der Waals surface area contributed by atoms with Gasteiger partial charge in [0.15, 0.2) is 12.0 Å². The van der Waals surface area contributed by atoms with Crippen LogP contribution >= 0.6 is 0 Å². The van der Waals surface area contributed by atoms with Crippen LogP contribution in [-0.2, 0) is 9.53 Å². The molecule has 0 saturated carbocycles. The Morgan fingerprint density at radius 2 is 1.72 bits per heavy atom. The van der Waals surface area contributed by atoms with Crippen LogP contribution in [0.2, 0.25) is 0 Å². The lowest BCUT2D eigenvalue weighted by Gasteiger charge is -2.46. The molecule has 1 spiro atoms. The Morgan fingerprint density at radius 1 is 1.00 bits per heavy atom. The zero-order valence-corrected chi connectivity index (χ0v) is 13.4. The van der Waals surface area contributed by atoms with Gasteiger partial charge in [-0.3, -0.25) is 14.4 Å². The Morgan fingerprint density at radius 3 is 2.44 bits per heavy atom. The summed E-state index contributed by atoms with van der Waals surface area (Å²) in [5.41, 5.74) is -0.181. The molecule has 1 aromatic rings. The lowest BCUT2D eigenvalue weighted by Crippen LogP contribution is -2.58. The molecule has 124 valence electrons. The first-order valence-electron chi connectivity index (χ1n) is 8.41. The predicted molar refractivity (Wildman–Crippen MR) is 88.7 cm³/mol. The second-order valence-corrected chi connectivity index (χ2v) is 6.63. The smallest absolute Gasteiger partial charge is 0.226 e. The topological polar surface area (TPSA) is 63.7 Å². The average Bonchev–Trinajstić information content (AvgIpc) is 2.85. The molecule has 1 atom stereocenters. The molecule has 0 bridgehead atoms. The summed E-state index contributed by atoms with van der Waals surface area (Å²) < 4.78 is 6.10. The van der Waals surface area contributed by atoms with Gasteiger partial charge in [0.2, 0.25) is 17.2 Å². The van der Waals surface area contributed by atoms with Gasteiger partial charge in [-0.2, -0.15) is 0 Å². The minimum Gasteiger partial charge on any atom is -0.326 e. The maximum Gasteiger partial charge on any atom is 0.226 e. The van der Waals surface area contributed by atoms with Gasteiger partial charge in [-0.1, -0.05) is 30.3 Å². The monoisotopic (exact) mass is 333 g/mol. The van der Waals surface area contributed by atoms with Crippen molar-refractivity contribution in [1.29, 1.82) is 0 Å². The number of ether oxygens (including phenoxy) is 1. The molecular formula is C20H15NO4. The maximum atomic E-state index is 13.3. The van der Waals surface area contributed by atoms with E-state index in [0.29, 0.717) is 30.4 Å². The van der Waals surface area contributed by atoms with E-state index in [0.717, 1.165) is 5.70 Å². The largest absolute Gasteiger partial charge is 0.326 e. The molecule has 0 aromatic heterocycles. The van der Waals surface area contributed by atoms with E-state index in [4.69, 9.17) is 4.74 Å². The van der Waals surface area contributed by atoms with Crippen molar-refractivity contribution in [3.63, 3.8) is 0 Å². The van der Waals surface area contributed by atoms with Crippen LogP contribution < -0.4 is 0 Å². The third-order valence-corrected chi connectivity index (χ3v) is 5.31. The highest BCUT2D eigenvalue weighted by atomic mass is 16.5. The van der Waals surface area contributed by atoms with E-state index in [1.807, 2.05) is 23.3 Å². The normalized spacial score (nSPS) is 26.2. The van der Waals surface area contributed by atoms with E-state index >= 15 is 0 Å². The molecule has 2 aliphatic carbocycles. The minimum atomic E-state index is -1.83. The Labute approximate surface area is 144 Å². The molecule has 25 heavy (non-hydrogen) atoms. The van der Waals surface area contributed by atoms with Gasteiger partial charge in [-0.25, -0.2) is 0 Å². The number of hydrogen-bond acceptors (Lipinski definition) is 5. The predicted octanol–water partition coefficient (Wildman–Crippen LogP) is 2.55. The molecule has 2 aliphatic heterocycles. The molecule has 5 rings (SSSR count). The molecule has 0 fully saturated rings. The summed E-state index contributed by atoms with van der Waals surface area (Å²) in [6.45, 7) is 0. The van der Waals surface area contributed by atoms with Gasteiger partial charge in [0.25, 0.3) is 0 Å². The highest BCUT2D eigenvalue weighted by molar-refractivity contribution is 6.37. The Balaban J connectivity index is 1.80. The quantitative estimate of drug-likeness (QED) is 0.683. The molecule has 0 N–H and O–H groups in total. The van der Waals surface area contributed by atoms with Crippen molar-refractivity contribution in [2.24, 2.45) is 0 Å². The number of Topliss-reactive ketones (excluding diaryl/α,β-unsaturated/α-hetero) is 3. The first-order valence-corrected chi connectivity index (χ1v) is 8.41. The van der Waals surface area contributed by atoms with Crippen molar-refractivity contribution in [3.8, 4) is 0 Å².